The molecule has 0 unspecified atom stereocenters. The first-order chi connectivity index (χ1) is 14.0. The molecule has 0 spiro atoms. The van der Waals surface area contributed by atoms with Gasteiger partial charge < -0.3 is 9.85 Å². The Morgan fingerprint density at radius 1 is 0.897 bits per heavy atom. The van der Waals surface area contributed by atoms with Crippen LogP contribution in [0, 0.1) is 12.1 Å². The number of piperazine rings is 1. The number of hydrogen-bond donors (Lipinski definition) is 0. The van der Waals surface area contributed by atoms with Crippen molar-refractivity contribution in [1.29, 1.82) is 0 Å². The predicted molar refractivity (Wildman–Crippen MR) is 120 cm³/mol. The topological polar surface area (TPSA) is 26.3 Å². The molecule has 0 amide bonds. The van der Waals surface area contributed by atoms with Crippen LogP contribution < -0.4 is 0 Å². The lowest BCUT2D eigenvalue weighted by molar-refractivity contribution is -0.898. The zero-order valence-corrected chi connectivity index (χ0v) is 17.6. The summed E-state index contributed by atoms with van der Waals surface area (Å²) in [6.45, 7) is 5.38. The molecule has 150 valence electrons. The van der Waals surface area contributed by atoms with Crippen LogP contribution in [0.1, 0.15) is 28.3 Å². The Bertz CT molecular complexity index is 935. The van der Waals surface area contributed by atoms with Gasteiger partial charge in [-0.1, -0.05) is 83.9 Å². The van der Waals surface area contributed by atoms with E-state index < -0.39 is 0 Å². The summed E-state index contributed by atoms with van der Waals surface area (Å²) in [4.78, 5) is 2.43. The zero-order chi connectivity index (χ0) is 20.3. The molecule has 4 rings (SSSR count). The van der Waals surface area contributed by atoms with Gasteiger partial charge in [0.2, 0.25) is 0 Å². The van der Waals surface area contributed by atoms with Crippen LogP contribution in [0.15, 0.2) is 78.9 Å². The summed E-state index contributed by atoms with van der Waals surface area (Å²) >= 11 is 6.12. The van der Waals surface area contributed by atoms with Gasteiger partial charge in [0.15, 0.2) is 0 Å². The number of hydroxylamine groups is 3. The van der Waals surface area contributed by atoms with Crippen molar-refractivity contribution < 1.29 is 4.65 Å². The molecule has 0 bridgehead atoms. The molecule has 1 aliphatic rings. The van der Waals surface area contributed by atoms with Gasteiger partial charge in [-0.15, -0.1) is 0 Å². The molecule has 0 aromatic heterocycles. The molecule has 0 aliphatic carbocycles. The maximum absolute atomic E-state index is 13.4. The number of hydrogen-bond acceptors (Lipinski definition) is 2. The summed E-state index contributed by atoms with van der Waals surface area (Å²) < 4.78 is -0.151. The van der Waals surface area contributed by atoms with Crippen molar-refractivity contribution in [3.05, 3.63) is 111 Å². The minimum absolute atomic E-state index is 0.140. The van der Waals surface area contributed by atoms with Gasteiger partial charge in [-0.2, -0.15) is 0 Å². The first-order valence-electron chi connectivity index (χ1n) is 10.2. The molecule has 29 heavy (non-hydrogen) atoms. The lowest BCUT2D eigenvalue weighted by Crippen LogP contribution is -2.56. The fourth-order valence-electron chi connectivity index (χ4n) is 4.30. The van der Waals surface area contributed by atoms with Crippen molar-refractivity contribution in [2.24, 2.45) is 0 Å². The highest BCUT2D eigenvalue weighted by atomic mass is 35.5. The molecule has 1 atom stereocenters. The van der Waals surface area contributed by atoms with E-state index in [1.165, 1.54) is 16.7 Å². The van der Waals surface area contributed by atoms with Crippen LogP contribution in [0.5, 0.6) is 0 Å². The van der Waals surface area contributed by atoms with E-state index in [0.717, 1.165) is 23.7 Å². The molecule has 3 aromatic rings. The van der Waals surface area contributed by atoms with Gasteiger partial charge in [0.1, 0.15) is 6.54 Å². The minimum atomic E-state index is -0.151. The number of nitrogens with zero attached hydrogens (tertiary/aromatic N) is 2. The largest absolute Gasteiger partial charge is 0.632 e. The number of halogens is 1. The standard InChI is InChI=1S/C25H27ClN2O/c1-20-6-5-7-21(18-20)19-28(29)16-14-27(15-17-28)25(22-8-3-2-4-9-22)23-10-12-24(26)13-11-23/h2-13,18,25H,14-17,19H2,1H3/t25-/m1/s1. The van der Waals surface area contributed by atoms with Crippen LogP contribution in [0.2, 0.25) is 5.02 Å². The number of quaternary nitrogens is 1. The van der Waals surface area contributed by atoms with Crippen molar-refractivity contribution >= 4 is 11.6 Å². The molecule has 0 radical (unpaired) electrons. The van der Waals surface area contributed by atoms with Crippen LogP contribution in [-0.4, -0.2) is 35.7 Å². The van der Waals surface area contributed by atoms with Crippen LogP contribution in [0.4, 0.5) is 0 Å². The lowest BCUT2D eigenvalue weighted by atomic mass is 9.96. The third-order valence-electron chi connectivity index (χ3n) is 5.81. The van der Waals surface area contributed by atoms with Gasteiger partial charge in [-0.25, -0.2) is 0 Å². The number of rotatable bonds is 5. The number of benzene rings is 3. The van der Waals surface area contributed by atoms with Crippen LogP contribution in [0.25, 0.3) is 0 Å². The first-order valence-corrected chi connectivity index (χ1v) is 10.6. The van der Waals surface area contributed by atoms with Gasteiger partial charge in [0.05, 0.1) is 19.1 Å². The second-order valence-corrected chi connectivity index (χ2v) is 8.49. The molecule has 3 nitrogen and oxygen atoms in total. The second kappa shape index (κ2) is 8.68. The van der Waals surface area contributed by atoms with E-state index in [0.29, 0.717) is 19.6 Å². The third-order valence-corrected chi connectivity index (χ3v) is 6.06. The molecule has 1 fully saturated rings. The fourth-order valence-corrected chi connectivity index (χ4v) is 4.43. The van der Waals surface area contributed by atoms with Crippen molar-refractivity contribution in [2.45, 2.75) is 19.5 Å². The third kappa shape index (κ3) is 4.88. The van der Waals surface area contributed by atoms with Crippen LogP contribution >= 0.6 is 11.6 Å². The monoisotopic (exact) mass is 406 g/mol. The quantitative estimate of drug-likeness (QED) is 0.409. The molecule has 1 saturated heterocycles. The second-order valence-electron chi connectivity index (χ2n) is 8.05. The van der Waals surface area contributed by atoms with Crippen molar-refractivity contribution in [3.63, 3.8) is 0 Å². The Hall–Kier alpha value is -2.17. The predicted octanol–water partition coefficient (Wildman–Crippen LogP) is 5.57. The molecular weight excluding hydrogens is 380 g/mol. The summed E-state index contributed by atoms with van der Waals surface area (Å²) in [7, 11) is 0. The summed E-state index contributed by atoms with van der Waals surface area (Å²) in [6, 6.07) is 27.1. The Balaban J connectivity index is 1.53. The highest BCUT2D eigenvalue weighted by molar-refractivity contribution is 6.30. The summed E-state index contributed by atoms with van der Waals surface area (Å²) in [6.07, 6.45) is 0. The zero-order valence-electron chi connectivity index (χ0n) is 16.8. The fraction of sp³-hybridized carbons (Fsp3) is 0.280. The Morgan fingerprint density at radius 3 is 2.21 bits per heavy atom. The molecule has 0 saturated carbocycles. The van der Waals surface area contributed by atoms with E-state index in [4.69, 9.17) is 11.6 Å². The average molecular weight is 407 g/mol. The van der Waals surface area contributed by atoms with Gasteiger partial charge in [-0.05, 0) is 30.2 Å². The van der Waals surface area contributed by atoms with Crippen LogP contribution in [-0.2, 0) is 6.54 Å². The summed E-state index contributed by atoms with van der Waals surface area (Å²) in [5.41, 5.74) is 4.80. The van der Waals surface area contributed by atoms with Crippen molar-refractivity contribution in [2.75, 3.05) is 26.2 Å². The van der Waals surface area contributed by atoms with E-state index in [1.54, 1.807) is 0 Å². The van der Waals surface area contributed by atoms with Gasteiger partial charge in [-0.3, -0.25) is 4.90 Å². The van der Waals surface area contributed by atoms with Crippen molar-refractivity contribution in [3.8, 4) is 0 Å². The molecule has 4 heteroatoms. The normalized spacial score (nSPS) is 17.8. The van der Waals surface area contributed by atoms with Crippen LogP contribution in [0.3, 0.4) is 0 Å². The molecule has 1 heterocycles. The van der Waals surface area contributed by atoms with Crippen molar-refractivity contribution in [1.82, 2.24) is 4.90 Å². The Labute approximate surface area is 178 Å². The molecule has 0 N–H and O–H groups in total. The highest BCUT2D eigenvalue weighted by Gasteiger charge is 2.31. The average Bonchev–Trinajstić information content (AvgIpc) is 2.72. The molecular formula is C25H27ClN2O. The smallest absolute Gasteiger partial charge is 0.104 e. The molecule has 1 aliphatic heterocycles. The van der Waals surface area contributed by atoms with E-state index in [-0.39, 0.29) is 10.7 Å². The SMILES string of the molecule is Cc1cccc(C[N+]2([O-])CCN([C@H](c3ccccc3)c3ccc(Cl)cc3)CC2)c1. The maximum atomic E-state index is 13.4. The summed E-state index contributed by atoms with van der Waals surface area (Å²) in [5, 5.41) is 14.1. The minimum Gasteiger partial charge on any atom is -0.632 e. The van der Waals surface area contributed by atoms with E-state index in [9.17, 15) is 5.21 Å². The Morgan fingerprint density at radius 2 is 1.55 bits per heavy atom. The maximum Gasteiger partial charge on any atom is 0.104 e. The van der Waals surface area contributed by atoms with E-state index in [1.807, 2.05) is 24.3 Å². The molecule has 3 aromatic carbocycles. The Kier molecular flexibility index (Phi) is 6.02. The van der Waals surface area contributed by atoms with Gasteiger partial charge >= 0.3 is 0 Å². The van der Waals surface area contributed by atoms with Gasteiger partial charge in [0.25, 0.3) is 0 Å². The lowest BCUT2D eigenvalue weighted by Gasteiger charge is -2.50. The highest BCUT2D eigenvalue weighted by Crippen LogP contribution is 2.31. The first kappa shape index (κ1) is 20.1. The summed E-state index contributed by atoms with van der Waals surface area (Å²) in [5.74, 6) is 0. The van der Waals surface area contributed by atoms with Gasteiger partial charge in [0, 0.05) is 23.7 Å². The number of aryl methyl sites for hydroxylation is 1. The van der Waals surface area contributed by atoms with E-state index in [2.05, 4.69) is 66.4 Å². The van der Waals surface area contributed by atoms with E-state index >= 15 is 0 Å².